The van der Waals surface area contributed by atoms with Crippen LogP contribution < -0.4 is 0 Å². The zero-order valence-electron chi connectivity index (χ0n) is 6.43. The summed E-state index contributed by atoms with van der Waals surface area (Å²) >= 11 is 0. The van der Waals surface area contributed by atoms with E-state index in [1.165, 1.54) is 12.8 Å². The highest BCUT2D eigenvalue weighted by atomic mass is 14.4. The maximum Gasteiger partial charge on any atom is -0.0205 e. The highest BCUT2D eigenvalue weighted by Crippen LogP contribution is 2.43. The van der Waals surface area contributed by atoms with Crippen LogP contribution in [0.1, 0.15) is 26.7 Å². The fourth-order valence-electron chi connectivity index (χ4n) is 1.44. The average molecular weight is 124 g/mol. The zero-order valence-corrected chi connectivity index (χ0v) is 6.43. The lowest BCUT2D eigenvalue weighted by Gasteiger charge is -1.99. The molecule has 1 saturated carbocycles. The molecule has 0 N–H and O–H groups in total. The van der Waals surface area contributed by atoms with E-state index >= 15 is 0 Å². The fourth-order valence-corrected chi connectivity index (χ4v) is 1.44. The number of hydrogen-bond donors (Lipinski definition) is 0. The summed E-state index contributed by atoms with van der Waals surface area (Å²) in [4.78, 5) is 0. The van der Waals surface area contributed by atoms with Crippen molar-refractivity contribution in [2.45, 2.75) is 26.7 Å². The Kier molecular flexibility index (Phi) is 1.94. The first-order valence-corrected chi connectivity index (χ1v) is 3.86. The van der Waals surface area contributed by atoms with Crippen LogP contribution in [0.15, 0.2) is 12.7 Å². The predicted octanol–water partition coefficient (Wildman–Crippen LogP) is 2.85. The van der Waals surface area contributed by atoms with Gasteiger partial charge in [-0.1, -0.05) is 19.9 Å². The molecule has 1 rings (SSSR count). The number of allylic oxidation sites excluding steroid dienone is 1. The van der Waals surface area contributed by atoms with Gasteiger partial charge in [-0.15, -0.1) is 6.58 Å². The van der Waals surface area contributed by atoms with Crippen molar-refractivity contribution >= 4 is 0 Å². The standard InChI is InChI=1S/C9H16/c1-4-8-6-9(8)5-7(2)3/h4,7-9H,1,5-6H2,2-3H3. The molecule has 0 amide bonds. The summed E-state index contributed by atoms with van der Waals surface area (Å²) < 4.78 is 0. The molecule has 9 heavy (non-hydrogen) atoms. The second-order valence-corrected chi connectivity index (χ2v) is 3.52. The Morgan fingerprint density at radius 3 is 2.67 bits per heavy atom. The van der Waals surface area contributed by atoms with Gasteiger partial charge in [0.15, 0.2) is 0 Å². The van der Waals surface area contributed by atoms with Gasteiger partial charge in [-0.05, 0) is 30.6 Å². The minimum Gasteiger partial charge on any atom is -0.103 e. The molecule has 1 fully saturated rings. The topological polar surface area (TPSA) is 0 Å². The summed E-state index contributed by atoms with van der Waals surface area (Å²) in [6, 6.07) is 0. The average Bonchev–Trinajstić information content (AvgIpc) is 2.45. The maximum absolute atomic E-state index is 3.78. The first kappa shape index (κ1) is 6.85. The van der Waals surface area contributed by atoms with E-state index < -0.39 is 0 Å². The van der Waals surface area contributed by atoms with Gasteiger partial charge in [0.1, 0.15) is 0 Å². The van der Waals surface area contributed by atoms with E-state index in [1.54, 1.807) is 0 Å². The Morgan fingerprint density at radius 2 is 2.33 bits per heavy atom. The second-order valence-electron chi connectivity index (χ2n) is 3.52. The fraction of sp³-hybridized carbons (Fsp3) is 0.778. The molecule has 0 bridgehead atoms. The normalized spacial score (nSPS) is 32.8. The van der Waals surface area contributed by atoms with Crippen LogP contribution >= 0.6 is 0 Å². The molecule has 1 aliphatic rings. The third-order valence-corrected chi connectivity index (χ3v) is 2.05. The molecule has 0 aromatic carbocycles. The maximum atomic E-state index is 3.78. The summed E-state index contributed by atoms with van der Waals surface area (Å²) in [6.07, 6.45) is 4.91. The van der Waals surface area contributed by atoms with Gasteiger partial charge < -0.3 is 0 Å². The molecule has 0 aromatic heterocycles. The van der Waals surface area contributed by atoms with E-state index in [0.717, 1.165) is 17.8 Å². The Hall–Kier alpha value is -0.260. The third-order valence-electron chi connectivity index (χ3n) is 2.05. The van der Waals surface area contributed by atoms with Gasteiger partial charge in [-0.3, -0.25) is 0 Å². The van der Waals surface area contributed by atoms with Crippen LogP contribution in [-0.2, 0) is 0 Å². The van der Waals surface area contributed by atoms with Gasteiger partial charge >= 0.3 is 0 Å². The van der Waals surface area contributed by atoms with E-state index in [9.17, 15) is 0 Å². The Morgan fingerprint density at radius 1 is 1.67 bits per heavy atom. The van der Waals surface area contributed by atoms with Gasteiger partial charge in [-0.2, -0.15) is 0 Å². The SMILES string of the molecule is C=CC1CC1CC(C)C. The van der Waals surface area contributed by atoms with E-state index in [0.29, 0.717) is 0 Å². The van der Waals surface area contributed by atoms with E-state index in [1.807, 2.05) is 0 Å². The largest absolute Gasteiger partial charge is 0.103 e. The zero-order chi connectivity index (χ0) is 6.85. The minimum absolute atomic E-state index is 0.868. The van der Waals surface area contributed by atoms with Crippen LogP contribution in [0, 0.1) is 17.8 Å². The lowest BCUT2D eigenvalue weighted by Crippen LogP contribution is -1.89. The molecule has 0 heterocycles. The van der Waals surface area contributed by atoms with Crippen molar-refractivity contribution in [2.24, 2.45) is 17.8 Å². The van der Waals surface area contributed by atoms with E-state index in [4.69, 9.17) is 0 Å². The molecule has 2 atom stereocenters. The first-order valence-electron chi connectivity index (χ1n) is 3.86. The lowest BCUT2D eigenvalue weighted by molar-refractivity contribution is 0.528. The third kappa shape index (κ3) is 1.85. The Labute approximate surface area is 58.0 Å². The molecule has 0 heteroatoms. The van der Waals surface area contributed by atoms with Crippen molar-refractivity contribution in [3.8, 4) is 0 Å². The van der Waals surface area contributed by atoms with Gasteiger partial charge in [0.2, 0.25) is 0 Å². The molecule has 0 nitrogen and oxygen atoms in total. The molecule has 1 aliphatic carbocycles. The smallest absolute Gasteiger partial charge is 0.0205 e. The van der Waals surface area contributed by atoms with Crippen molar-refractivity contribution < 1.29 is 0 Å². The summed E-state index contributed by atoms with van der Waals surface area (Å²) in [6.45, 7) is 8.36. The lowest BCUT2D eigenvalue weighted by atomic mass is 10.1. The monoisotopic (exact) mass is 124 g/mol. The Bertz CT molecular complexity index is 103. The van der Waals surface area contributed by atoms with Gasteiger partial charge in [0.25, 0.3) is 0 Å². The molecule has 0 aromatic rings. The summed E-state index contributed by atoms with van der Waals surface area (Å²) in [5.41, 5.74) is 0. The van der Waals surface area contributed by atoms with Crippen molar-refractivity contribution in [1.29, 1.82) is 0 Å². The molecule has 52 valence electrons. The highest BCUT2D eigenvalue weighted by molar-refractivity contribution is 4.97. The van der Waals surface area contributed by atoms with Crippen molar-refractivity contribution in [3.05, 3.63) is 12.7 Å². The van der Waals surface area contributed by atoms with Crippen LogP contribution in [0.4, 0.5) is 0 Å². The second kappa shape index (κ2) is 2.55. The van der Waals surface area contributed by atoms with Crippen LogP contribution in [0.5, 0.6) is 0 Å². The first-order chi connectivity index (χ1) is 4.24. The van der Waals surface area contributed by atoms with E-state index in [-0.39, 0.29) is 0 Å². The molecule has 0 radical (unpaired) electrons. The highest BCUT2D eigenvalue weighted by Gasteiger charge is 2.33. The summed E-state index contributed by atoms with van der Waals surface area (Å²) in [5.74, 6) is 2.73. The van der Waals surface area contributed by atoms with Gasteiger partial charge in [0, 0.05) is 0 Å². The number of hydrogen-bond acceptors (Lipinski definition) is 0. The van der Waals surface area contributed by atoms with Crippen molar-refractivity contribution in [2.75, 3.05) is 0 Å². The van der Waals surface area contributed by atoms with Crippen LogP contribution in [0.2, 0.25) is 0 Å². The molecule has 0 aliphatic heterocycles. The predicted molar refractivity (Wildman–Crippen MR) is 41.2 cm³/mol. The molecule has 0 spiro atoms. The van der Waals surface area contributed by atoms with Crippen molar-refractivity contribution in [1.82, 2.24) is 0 Å². The minimum atomic E-state index is 0.868. The molecule has 2 unspecified atom stereocenters. The van der Waals surface area contributed by atoms with E-state index in [2.05, 4.69) is 26.5 Å². The van der Waals surface area contributed by atoms with Gasteiger partial charge in [0.05, 0.1) is 0 Å². The Balaban J connectivity index is 2.12. The number of rotatable bonds is 3. The van der Waals surface area contributed by atoms with Gasteiger partial charge in [-0.25, -0.2) is 0 Å². The summed E-state index contributed by atoms with van der Waals surface area (Å²) in [5, 5.41) is 0. The van der Waals surface area contributed by atoms with Crippen molar-refractivity contribution in [3.63, 3.8) is 0 Å². The summed E-state index contributed by atoms with van der Waals surface area (Å²) in [7, 11) is 0. The van der Waals surface area contributed by atoms with Crippen LogP contribution in [0.25, 0.3) is 0 Å². The molecular formula is C9H16. The molecular weight excluding hydrogens is 108 g/mol. The quantitative estimate of drug-likeness (QED) is 0.507. The van der Waals surface area contributed by atoms with Crippen LogP contribution in [-0.4, -0.2) is 0 Å². The molecule has 0 saturated heterocycles. The van der Waals surface area contributed by atoms with Crippen LogP contribution in [0.3, 0.4) is 0 Å².